The molecule has 2 aliphatic rings. The highest BCUT2D eigenvalue weighted by Crippen LogP contribution is 2.29. The van der Waals surface area contributed by atoms with Crippen LogP contribution in [0.4, 0.5) is 11.6 Å². The number of nitriles is 1. The van der Waals surface area contributed by atoms with Crippen LogP contribution in [0, 0.1) is 23.2 Å². The van der Waals surface area contributed by atoms with Crippen LogP contribution in [0.15, 0.2) is 12.1 Å². The molecule has 2 aliphatic heterocycles. The summed E-state index contributed by atoms with van der Waals surface area (Å²) in [5, 5.41) is 9.46. The van der Waals surface area contributed by atoms with E-state index in [4.69, 9.17) is 16.5 Å². The molecule has 0 radical (unpaired) electrons. The first-order chi connectivity index (χ1) is 12.5. The highest BCUT2D eigenvalue weighted by Gasteiger charge is 2.28. The first kappa shape index (κ1) is 18.0. The van der Waals surface area contributed by atoms with Crippen LogP contribution in [0.5, 0.6) is 0 Å². The Bertz CT molecular complexity index is 744. The first-order valence-electron chi connectivity index (χ1n) is 8.99. The van der Waals surface area contributed by atoms with Crippen LogP contribution in [0.25, 0.3) is 0 Å². The molecule has 138 valence electrons. The minimum Gasteiger partial charge on any atom is -0.369 e. The Balaban J connectivity index is 1.86. The van der Waals surface area contributed by atoms with Crippen molar-refractivity contribution in [1.82, 2.24) is 4.98 Å². The lowest BCUT2D eigenvalue weighted by Crippen LogP contribution is -2.43. The van der Waals surface area contributed by atoms with Gasteiger partial charge in [0.25, 0.3) is 0 Å². The fourth-order valence-corrected chi connectivity index (χ4v) is 3.76. The Morgan fingerprint density at radius 3 is 2.19 bits per heavy atom. The molecule has 2 saturated heterocycles. The van der Waals surface area contributed by atoms with Gasteiger partial charge in [0, 0.05) is 26.2 Å². The summed E-state index contributed by atoms with van der Waals surface area (Å²) in [6.45, 7) is 2.55. The van der Waals surface area contributed by atoms with Gasteiger partial charge in [0.05, 0.1) is 17.4 Å². The van der Waals surface area contributed by atoms with Gasteiger partial charge in [-0.1, -0.05) is 0 Å². The van der Waals surface area contributed by atoms with Gasteiger partial charge in [0.2, 0.25) is 11.8 Å². The van der Waals surface area contributed by atoms with Crippen molar-refractivity contribution in [2.24, 2.45) is 23.3 Å². The van der Waals surface area contributed by atoms with E-state index in [2.05, 4.69) is 6.07 Å². The summed E-state index contributed by atoms with van der Waals surface area (Å²) in [7, 11) is 0. The summed E-state index contributed by atoms with van der Waals surface area (Å²) in [6, 6.07) is 5.74. The van der Waals surface area contributed by atoms with Crippen LogP contribution >= 0.6 is 0 Å². The second-order valence-corrected chi connectivity index (χ2v) is 7.03. The Morgan fingerprint density at radius 1 is 1.04 bits per heavy atom. The summed E-state index contributed by atoms with van der Waals surface area (Å²) in [5.41, 5.74) is 11.4. The van der Waals surface area contributed by atoms with E-state index in [1.807, 2.05) is 9.80 Å². The maximum atomic E-state index is 11.6. The SMILES string of the molecule is N#Cc1ccc(N2CCCC(C(N)=O)C2)nc1N1CCCC(C(N)=O)C1. The van der Waals surface area contributed by atoms with Crippen LogP contribution in [0.2, 0.25) is 0 Å². The smallest absolute Gasteiger partial charge is 0.222 e. The number of nitrogens with zero attached hydrogens (tertiary/aromatic N) is 4. The molecule has 8 nitrogen and oxygen atoms in total. The fraction of sp³-hybridized carbons (Fsp3) is 0.556. The van der Waals surface area contributed by atoms with E-state index >= 15 is 0 Å². The Labute approximate surface area is 152 Å². The molecule has 8 heteroatoms. The van der Waals surface area contributed by atoms with E-state index in [-0.39, 0.29) is 23.7 Å². The van der Waals surface area contributed by atoms with Crippen molar-refractivity contribution >= 4 is 23.5 Å². The average Bonchev–Trinajstić information content (AvgIpc) is 2.67. The summed E-state index contributed by atoms with van der Waals surface area (Å²) >= 11 is 0. The molecule has 3 rings (SSSR count). The number of pyridine rings is 1. The third-order valence-electron chi connectivity index (χ3n) is 5.25. The predicted molar refractivity (Wildman–Crippen MR) is 97.2 cm³/mol. The molecule has 0 bridgehead atoms. The number of anilines is 2. The number of carbonyl (C=O) groups excluding carboxylic acids is 2. The van der Waals surface area contributed by atoms with Crippen molar-refractivity contribution in [2.45, 2.75) is 25.7 Å². The van der Waals surface area contributed by atoms with E-state index < -0.39 is 0 Å². The van der Waals surface area contributed by atoms with Crippen molar-refractivity contribution in [1.29, 1.82) is 5.26 Å². The topological polar surface area (TPSA) is 129 Å². The summed E-state index contributed by atoms with van der Waals surface area (Å²) in [4.78, 5) is 31.8. The quantitative estimate of drug-likeness (QED) is 0.801. The van der Waals surface area contributed by atoms with Gasteiger partial charge in [-0.3, -0.25) is 9.59 Å². The van der Waals surface area contributed by atoms with Gasteiger partial charge >= 0.3 is 0 Å². The van der Waals surface area contributed by atoms with E-state index in [0.29, 0.717) is 24.5 Å². The highest BCUT2D eigenvalue weighted by atomic mass is 16.1. The largest absolute Gasteiger partial charge is 0.369 e. The summed E-state index contributed by atoms with van der Waals surface area (Å²) in [6.07, 6.45) is 3.26. The third kappa shape index (κ3) is 3.72. The maximum absolute atomic E-state index is 11.6. The van der Waals surface area contributed by atoms with Crippen molar-refractivity contribution in [3.05, 3.63) is 17.7 Å². The summed E-state index contributed by atoms with van der Waals surface area (Å²) in [5.74, 6) is 0.297. The highest BCUT2D eigenvalue weighted by molar-refractivity contribution is 5.78. The lowest BCUT2D eigenvalue weighted by Gasteiger charge is -2.35. The Kier molecular flexibility index (Phi) is 5.26. The second kappa shape index (κ2) is 7.60. The number of aromatic nitrogens is 1. The molecule has 2 fully saturated rings. The second-order valence-electron chi connectivity index (χ2n) is 7.03. The van der Waals surface area contributed by atoms with Crippen LogP contribution < -0.4 is 21.3 Å². The molecule has 1 aromatic heterocycles. The van der Waals surface area contributed by atoms with Gasteiger partial charge in [0.15, 0.2) is 0 Å². The van der Waals surface area contributed by atoms with Gasteiger partial charge in [-0.15, -0.1) is 0 Å². The zero-order valence-electron chi connectivity index (χ0n) is 14.7. The van der Waals surface area contributed by atoms with Gasteiger partial charge in [-0.05, 0) is 37.8 Å². The number of hydrogen-bond donors (Lipinski definition) is 2. The molecular formula is C18H24N6O2. The van der Waals surface area contributed by atoms with Gasteiger partial charge in [-0.2, -0.15) is 5.26 Å². The normalized spacial score (nSPS) is 23.3. The molecule has 0 spiro atoms. The number of carbonyl (C=O) groups is 2. The zero-order chi connectivity index (χ0) is 18.7. The van der Waals surface area contributed by atoms with Crippen LogP contribution in [-0.2, 0) is 9.59 Å². The Hall–Kier alpha value is -2.82. The molecular weight excluding hydrogens is 332 g/mol. The number of amides is 2. The minimum absolute atomic E-state index is 0.182. The zero-order valence-corrected chi connectivity index (χ0v) is 14.7. The monoisotopic (exact) mass is 356 g/mol. The molecule has 4 N–H and O–H groups in total. The molecule has 3 heterocycles. The Morgan fingerprint density at radius 2 is 1.62 bits per heavy atom. The molecule has 26 heavy (non-hydrogen) atoms. The van der Waals surface area contributed by atoms with Crippen LogP contribution in [-0.4, -0.2) is 43.0 Å². The van der Waals surface area contributed by atoms with Crippen molar-refractivity contribution in [2.75, 3.05) is 36.0 Å². The lowest BCUT2D eigenvalue weighted by atomic mass is 9.97. The van der Waals surface area contributed by atoms with E-state index in [0.717, 1.165) is 44.6 Å². The fourth-order valence-electron chi connectivity index (χ4n) is 3.76. The first-order valence-corrected chi connectivity index (χ1v) is 8.99. The number of piperidine rings is 2. The van der Waals surface area contributed by atoms with Crippen molar-refractivity contribution in [3.8, 4) is 6.07 Å². The van der Waals surface area contributed by atoms with E-state index in [9.17, 15) is 14.9 Å². The van der Waals surface area contributed by atoms with Gasteiger partial charge in [-0.25, -0.2) is 4.98 Å². The van der Waals surface area contributed by atoms with Gasteiger partial charge < -0.3 is 21.3 Å². The van der Waals surface area contributed by atoms with Crippen molar-refractivity contribution < 1.29 is 9.59 Å². The van der Waals surface area contributed by atoms with Crippen molar-refractivity contribution in [3.63, 3.8) is 0 Å². The third-order valence-corrected chi connectivity index (χ3v) is 5.25. The standard InChI is InChI=1S/C18H24N6O2/c19-9-12-5-6-15(23-7-1-3-13(10-23)16(20)25)22-18(12)24-8-2-4-14(11-24)17(21)26/h5-6,13-14H,1-4,7-8,10-11H2,(H2,20,25)(H2,21,26). The average molecular weight is 356 g/mol. The molecule has 2 atom stereocenters. The van der Waals surface area contributed by atoms with E-state index in [1.165, 1.54) is 0 Å². The molecule has 1 aromatic rings. The van der Waals surface area contributed by atoms with Gasteiger partial charge in [0.1, 0.15) is 17.7 Å². The number of hydrogen-bond acceptors (Lipinski definition) is 6. The predicted octanol–water partition coefficient (Wildman–Crippen LogP) is 0.357. The number of primary amides is 2. The maximum Gasteiger partial charge on any atom is 0.222 e. The van der Waals surface area contributed by atoms with Crippen LogP contribution in [0.3, 0.4) is 0 Å². The molecule has 0 saturated carbocycles. The molecule has 0 aromatic carbocycles. The molecule has 0 aliphatic carbocycles. The number of rotatable bonds is 4. The minimum atomic E-state index is -0.315. The molecule has 2 unspecified atom stereocenters. The lowest BCUT2D eigenvalue weighted by molar-refractivity contribution is -0.122. The van der Waals surface area contributed by atoms with E-state index in [1.54, 1.807) is 12.1 Å². The summed E-state index contributed by atoms with van der Waals surface area (Å²) < 4.78 is 0. The molecule has 2 amide bonds. The van der Waals surface area contributed by atoms with Crippen LogP contribution in [0.1, 0.15) is 31.2 Å². The number of nitrogens with two attached hydrogens (primary N) is 2.